The maximum Gasteiger partial charge on any atom is 0.271 e. The van der Waals surface area contributed by atoms with Gasteiger partial charge >= 0.3 is 0 Å². The molecule has 3 aromatic rings. The third-order valence-electron chi connectivity index (χ3n) is 4.50. The second-order valence-electron chi connectivity index (χ2n) is 6.71. The number of hydrogen-bond acceptors (Lipinski definition) is 3. The van der Waals surface area contributed by atoms with Gasteiger partial charge in [-0.25, -0.2) is 5.43 Å². The van der Waals surface area contributed by atoms with E-state index < -0.39 is 0 Å². The highest BCUT2D eigenvalue weighted by atomic mass is 35.5. The van der Waals surface area contributed by atoms with Crippen molar-refractivity contribution in [3.8, 4) is 11.4 Å². The first kappa shape index (κ1) is 20.7. The summed E-state index contributed by atoms with van der Waals surface area (Å²) < 4.78 is 7.63. The predicted octanol–water partition coefficient (Wildman–Crippen LogP) is 5.30. The molecule has 150 valence electrons. The lowest BCUT2D eigenvalue weighted by atomic mass is 10.2. The Labute approximate surface area is 176 Å². The minimum absolute atomic E-state index is 0.271. The van der Waals surface area contributed by atoms with Gasteiger partial charge in [-0.1, -0.05) is 24.6 Å². The average molecular weight is 410 g/mol. The SMILES string of the molecule is CCCOc1ccc(C(=O)N/N=C\c2cc(C)n(-c3cccc(Cl)c3)c2C)cc1. The molecule has 6 heteroatoms. The molecule has 1 heterocycles. The summed E-state index contributed by atoms with van der Waals surface area (Å²) >= 11 is 6.12. The largest absolute Gasteiger partial charge is 0.494 e. The van der Waals surface area contributed by atoms with Crippen molar-refractivity contribution in [2.24, 2.45) is 5.10 Å². The molecule has 3 rings (SSSR count). The van der Waals surface area contributed by atoms with E-state index in [1.807, 2.05) is 51.1 Å². The molecule has 0 radical (unpaired) electrons. The minimum Gasteiger partial charge on any atom is -0.494 e. The van der Waals surface area contributed by atoms with Crippen LogP contribution >= 0.6 is 11.6 Å². The second-order valence-corrected chi connectivity index (χ2v) is 7.15. The van der Waals surface area contributed by atoms with Crippen LogP contribution in [-0.2, 0) is 0 Å². The van der Waals surface area contributed by atoms with Crippen molar-refractivity contribution in [1.29, 1.82) is 0 Å². The number of benzene rings is 2. The van der Waals surface area contributed by atoms with E-state index in [1.165, 1.54) is 0 Å². The summed E-state index contributed by atoms with van der Waals surface area (Å²) in [5, 5.41) is 4.81. The minimum atomic E-state index is -0.271. The van der Waals surface area contributed by atoms with Gasteiger partial charge in [0.25, 0.3) is 5.91 Å². The molecular weight excluding hydrogens is 386 g/mol. The Kier molecular flexibility index (Phi) is 6.73. The third kappa shape index (κ3) is 5.06. The van der Waals surface area contributed by atoms with Crippen molar-refractivity contribution in [3.05, 3.63) is 82.1 Å². The Morgan fingerprint density at radius 3 is 2.62 bits per heavy atom. The Balaban J connectivity index is 1.69. The molecule has 5 nitrogen and oxygen atoms in total. The van der Waals surface area contributed by atoms with Crippen LogP contribution in [0, 0.1) is 13.8 Å². The Bertz CT molecular complexity index is 1020. The van der Waals surface area contributed by atoms with E-state index in [2.05, 4.69) is 15.1 Å². The molecule has 0 fully saturated rings. The zero-order valence-corrected chi connectivity index (χ0v) is 17.5. The maximum absolute atomic E-state index is 12.3. The van der Waals surface area contributed by atoms with E-state index in [0.717, 1.165) is 34.8 Å². The van der Waals surface area contributed by atoms with Crippen LogP contribution in [0.1, 0.15) is 40.7 Å². The summed E-state index contributed by atoms with van der Waals surface area (Å²) in [6.45, 7) is 6.73. The first-order valence-corrected chi connectivity index (χ1v) is 9.88. The molecule has 0 saturated heterocycles. The fraction of sp³-hybridized carbons (Fsp3) is 0.217. The van der Waals surface area contributed by atoms with E-state index in [0.29, 0.717) is 17.2 Å². The van der Waals surface area contributed by atoms with Gasteiger partial charge in [-0.05, 0) is 68.8 Å². The zero-order chi connectivity index (χ0) is 20.8. The average Bonchev–Trinajstić information content (AvgIpc) is 3.00. The maximum atomic E-state index is 12.3. The molecule has 1 N–H and O–H groups in total. The molecule has 0 unspecified atom stereocenters. The van der Waals surface area contributed by atoms with E-state index in [4.69, 9.17) is 16.3 Å². The lowest BCUT2D eigenvalue weighted by molar-refractivity contribution is 0.0955. The molecule has 0 aliphatic rings. The highest BCUT2D eigenvalue weighted by Gasteiger charge is 2.10. The van der Waals surface area contributed by atoms with Crippen LogP contribution in [0.3, 0.4) is 0 Å². The van der Waals surface area contributed by atoms with Crippen LogP contribution in [0.4, 0.5) is 0 Å². The lowest BCUT2D eigenvalue weighted by Crippen LogP contribution is -2.17. The molecule has 2 aromatic carbocycles. The van der Waals surface area contributed by atoms with Gasteiger partial charge in [0.15, 0.2) is 0 Å². The number of hydrazone groups is 1. The summed E-state index contributed by atoms with van der Waals surface area (Å²) in [4.78, 5) is 12.3. The topological polar surface area (TPSA) is 55.6 Å². The van der Waals surface area contributed by atoms with Crippen LogP contribution in [0.5, 0.6) is 5.75 Å². The molecule has 0 saturated carbocycles. The van der Waals surface area contributed by atoms with E-state index in [-0.39, 0.29) is 5.91 Å². The summed E-state index contributed by atoms with van der Waals surface area (Å²) in [6.07, 6.45) is 2.59. The number of aryl methyl sites for hydroxylation is 1. The number of amides is 1. The first-order chi connectivity index (χ1) is 14.0. The summed E-state index contributed by atoms with van der Waals surface area (Å²) in [5.41, 5.74) is 7.08. The lowest BCUT2D eigenvalue weighted by Gasteiger charge is -2.09. The molecular formula is C23H24ClN3O2. The van der Waals surface area contributed by atoms with Crippen LogP contribution in [0.25, 0.3) is 5.69 Å². The molecule has 0 bridgehead atoms. The summed E-state index contributed by atoms with van der Waals surface area (Å²) in [6, 6.07) is 16.7. The smallest absolute Gasteiger partial charge is 0.271 e. The van der Waals surface area contributed by atoms with Crippen molar-refractivity contribution in [2.75, 3.05) is 6.61 Å². The van der Waals surface area contributed by atoms with E-state index in [9.17, 15) is 4.79 Å². The Morgan fingerprint density at radius 2 is 1.93 bits per heavy atom. The van der Waals surface area contributed by atoms with Gasteiger partial charge in [0.2, 0.25) is 0 Å². The Hall–Kier alpha value is -3.05. The normalized spacial score (nSPS) is 11.0. The first-order valence-electron chi connectivity index (χ1n) is 9.50. The van der Waals surface area contributed by atoms with Crippen LogP contribution in [-0.4, -0.2) is 23.3 Å². The van der Waals surface area contributed by atoms with Crippen molar-refractivity contribution < 1.29 is 9.53 Å². The molecule has 0 atom stereocenters. The number of rotatable bonds is 7. The van der Waals surface area contributed by atoms with Gasteiger partial charge < -0.3 is 9.30 Å². The summed E-state index contributed by atoms with van der Waals surface area (Å²) in [5.74, 6) is 0.479. The molecule has 1 amide bonds. The predicted molar refractivity (Wildman–Crippen MR) is 118 cm³/mol. The fourth-order valence-corrected chi connectivity index (χ4v) is 3.26. The highest BCUT2D eigenvalue weighted by molar-refractivity contribution is 6.30. The van der Waals surface area contributed by atoms with E-state index >= 15 is 0 Å². The van der Waals surface area contributed by atoms with Gasteiger partial charge in [0.05, 0.1) is 12.8 Å². The van der Waals surface area contributed by atoms with Gasteiger partial charge in [0.1, 0.15) is 5.75 Å². The number of aromatic nitrogens is 1. The van der Waals surface area contributed by atoms with Gasteiger partial charge in [-0.15, -0.1) is 0 Å². The monoisotopic (exact) mass is 409 g/mol. The molecule has 0 aliphatic carbocycles. The second kappa shape index (κ2) is 9.43. The third-order valence-corrected chi connectivity index (χ3v) is 4.73. The summed E-state index contributed by atoms with van der Waals surface area (Å²) in [7, 11) is 0. The van der Waals surface area contributed by atoms with Crippen molar-refractivity contribution >= 4 is 23.7 Å². The number of halogens is 1. The van der Waals surface area contributed by atoms with Gasteiger partial charge in [-0.2, -0.15) is 5.10 Å². The number of carbonyl (C=O) groups excluding carboxylic acids is 1. The van der Waals surface area contributed by atoms with Gasteiger partial charge in [-0.3, -0.25) is 4.79 Å². The quantitative estimate of drug-likeness (QED) is 0.425. The van der Waals surface area contributed by atoms with Crippen LogP contribution < -0.4 is 10.2 Å². The van der Waals surface area contributed by atoms with Crippen molar-refractivity contribution in [2.45, 2.75) is 27.2 Å². The molecule has 29 heavy (non-hydrogen) atoms. The zero-order valence-electron chi connectivity index (χ0n) is 16.8. The molecule has 0 aliphatic heterocycles. The van der Waals surface area contributed by atoms with Crippen molar-refractivity contribution in [3.63, 3.8) is 0 Å². The standard InChI is InChI=1S/C23H24ClN3O2/c1-4-12-29-22-10-8-18(9-11-22)23(28)26-25-15-19-13-16(2)27(17(19)3)21-7-5-6-20(24)14-21/h5-11,13-15H,4,12H2,1-3H3,(H,26,28)/b25-15-. The highest BCUT2D eigenvalue weighted by Crippen LogP contribution is 2.22. The number of hydrogen-bond donors (Lipinski definition) is 1. The number of ether oxygens (including phenoxy) is 1. The van der Waals surface area contributed by atoms with Gasteiger partial charge in [0, 0.05) is 33.2 Å². The molecule has 0 spiro atoms. The number of carbonyl (C=O) groups is 1. The van der Waals surface area contributed by atoms with E-state index in [1.54, 1.807) is 30.5 Å². The van der Waals surface area contributed by atoms with Crippen LogP contribution in [0.15, 0.2) is 59.7 Å². The number of nitrogens with zero attached hydrogens (tertiary/aromatic N) is 2. The van der Waals surface area contributed by atoms with Crippen molar-refractivity contribution in [1.82, 2.24) is 9.99 Å². The van der Waals surface area contributed by atoms with Crippen LogP contribution in [0.2, 0.25) is 5.02 Å². The molecule has 1 aromatic heterocycles. The Morgan fingerprint density at radius 1 is 1.17 bits per heavy atom. The fourth-order valence-electron chi connectivity index (χ4n) is 3.08. The number of nitrogens with one attached hydrogen (secondary N) is 1.